The van der Waals surface area contributed by atoms with Crippen LogP contribution in [0.25, 0.3) is 0 Å². The van der Waals surface area contributed by atoms with Gasteiger partial charge in [0.2, 0.25) is 0 Å². The number of rotatable bonds is 10. The summed E-state index contributed by atoms with van der Waals surface area (Å²) in [7, 11) is 0. The lowest BCUT2D eigenvalue weighted by molar-refractivity contribution is -0.143. The van der Waals surface area contributed by atoms with Gasteiger partial charge < -0.3 is 9.47 Å². The molecule has 0 bridgehead atoms. The summed E-state index contributed by atoms with van der Waals surface area (Å²) < 4.78 is 9.96. The number of carbonyl (C=O) groups excluding carboxylic acids is 2. The van der Waals surface area contributed by atoms with Crippen LogP contribution >= 0.6 is 0 Å². The van der Waals surface area contributed by atoms with Gasteiger partial charge in [-0.25, -0.2) is 9.59 Å². The fraction of sp³-hybridized carbons (Fsp3) is 0.733. The second-order valence-corrected chi connectivity index (χ2v) is 4.60. The maximum atomic E-state index is 11.4. The molecule has 0 aliphatic rings. The minimum Gasteiger partial charge on any atom is -0.463 e. The van der Waals surface area contributed by atoms with Crippen molar-refractivity contribution >= 4 is 11.9 Å². The maximum absolute atomic E-state index is 11.4. The van der Waals surface area contributed by atoms with E-state index in [1.54, 1.807) is 0 Å². The second-order valence-electron chi connectivity index (χ2n) is 4.60. The van der Waals surface area contributed by atoms with Crippen molar-refractivity contribution in [1.82, 2.24) is 0 Å². The molecule has 0 radical (unpaired) electrons. The first-order chi connectivity index (χ1) is 9.10. The lowest BCUT2D eigenvalue weighted by Crippen LogP contribution is -2.13. The van der Waals surface area contributed by atoms with Gasteiger partial charge in [-0.15, -0.1) is 0 Å². The number of ether oxygens (including phenoxy) is 2. The molecule has 19 heavy (non-hydrogen) atoms. The molecular formula is C15H26O4. The Balaban J connectivity index is 3.77. The summed E-state index contributed by atoms with van der Waals surface area (Å²) in [5, 5.41) is 0. The van der Waals surface area contributed by atoms with Gasteiger partial charge in [0.05, 0.1) is 12.7 Å². The fourth-order valence-electron chi connectivity index (χ4n) is 1.54. The number of carbonyl (C=O) groups is 2. The number of hydrogen-bond acceptors (Lipinski definition) is 4. The lowest BCUT2D eigenvalue weighted by atomic mass is 10.1. The minimum absolute atomic E-state index is 0.110. The highest BCUT2D eigenvalue weighted by Crippen LogP contribution is 2.08. The first-order valence-corrected chi connectivity index (χ1v) is 7.15. The normalized spacial score (nSPS) is 12.4. The Bertz CT molecular complexity index is 284. The Morgan fingerprint density at radius 3 is 2.32 bits per heavy atom. The van der Waals surface area contributed by atoms with Crippen molar-refractivity contribution in [2.75, 3.05) is 6.61 Å². The molecule has 0 N–H and O–H groups in total. The van der Waals surface area contributed by atoms with Gasteiger partial charge in [-0.2, -0.15) is 0 Å². The summed E-state index contributed by atoms with van der Waals surface area (Å²) in [5.74, 6) is -0.995. The first-order valence-electron chi connectivity index (χ1n) is 7.15. The third-order valence-corrected chi connectivity index (χ3v) is 2.59. The van der Waals surface area contributed by atoms with E-state index in [4.69, 9.17) is 9.47 Å². The van der Waals surface area contributed by atoms with Crippen molar-refractivity contribution in [3.8, 4) is 0 Å². The van der Waals surface area contributed by atoms with Crippen LogP contribution in [0, 0.1) is 0 Å². The van der Waals surface area contributed by atoms with E-state index in [9.17, 15) is 9.59 Å². The third-order valence-electron chi connectivity index (χ3n) is 2.59. The molecule has 4 nitrogen and oxygen atoms in total. The Morgan fingerprint density at radius 1 is 1.00 bits per heavy atom. The zero-order valence-electron chi connectivity index (χ0n) is 12.3. The van der Waals surface area contributed by atoms with E-state index in [0.717, 1.165) is 37.8 Å². The van der Waals surface area contributed by atoms with Crippen molar-refractivity contribution in [2.45, 2.75) is 65.4 Å². The van der Waals surface area contributed by atoms with Crippen LogP contribution in [0.4, 0.5) is 0 Å². The lowest BCUT2D eigenvalue weighted by Gasteiger charge is -2.11. The molecule has 0 saturated heterocycles. The van der Waals surface area contributed by atoms with E-state index < -0.39 is 11.9 Å². The van der Waals surface area contributed by atoms with E-state index >= 15 is 0 Å². The fourth-order valence-corrected chi connectivity index (χ4v) is 1.54. The molecule has 0 spiro atoms. The largest absolute Gasteiger partial charge is 0.463 e. The molecule has 1 atom stereocenters. The molecule has 1 unspecified atom stereocenters. The van der Waals surface area contributed by atoms with Crippen LogP contribution in [0.1, 0.15) is 59.3 Å². The van der Waals surface area contributed by atoms with Crippen molar-refractivity contribution in [2.24, 2.45) is 0 Å². The van der Waals surface area contributed by atoms with Gasteiger partial charge in [0.15, 0.2) is 0 Å². The SMILES string of the molecule is CCCCCCC(C)OC(=O)/C=C/C(=O)OCCC. The summed E-state index contributed by atoms with van der Waals surface area (Å²) in [4.78, 5) is 22.5. The molecule has 0 amide bonds. The number of unbranched alkanes of at least 4 members (excludes halogenated alkanes) is 3. The van der Waals surface area contributed by atoms with Crippen LogP contribution in [-0.4, -0.2) is 24.6 Å². The van der Waals surface area contributed by atoms with E-state index in [1.807, 2.05) is 13.8 Å². The number of esters is 2. The predicted molar refractivity (Wildman–Crippen MR) is 74.7 cm³/mol. The topological polar surface area (TPSA) is 52.6 Å². The monoisotopic (exact) mass is 270 g/mol. The van der Waals surface area contributed by atoms with E-state index in [2.05, 4.69) is 6.92 Å². The summed E-state index contributed by atoms with van der Waals surface area (Å²) in [6.07, 6.45) is 8.38. The minimum atomic E-state index is -0.505. The van der Waals surface area contributed by atoms with E-state index in [0.29, 0.717) is 6.61 Å². The van der Waals surface area contributed by atoms with Crippen LogP contribution in [0.3, 0.4) is 0 Å². The Hall–Kier alpha value is -1.32. The zero-order valence-corrected chi connectivity index (χ0v) is 12.3. The molecule has 0 aromatic heterocycles. The van der Waals surface area contributed by atoms with Gasteiger partial charge in [-0.05, 0) is 26.2 Å². The van der Waals surface area contributed by atoms with E-state index in [-0.39, 0.29) is 6.10 Å². The Kier molecular flexibility index (Phi) is 10.9. The van der Waals surface area contributed by atoms with Gasteiger partial charge >= 0.3 is 11.9 Å². The highest BCUT2D eigenvalue weighted by molar-refractivity contribution is 5.91. The molecule has 0 saturated carbocycles. The molecular weight excluding hydrogens is 244 g/mol. The molecule has 0 aromatic carbocycles. The van der Waals surface area contributed by atoms with Crippen LogP contribution in [0.15, 0.2) is 12.2 Å². The van der Waals surface area contributed by atoms with E-state index in [1.165, 1.54) is 12.8 Å². The zero-order chi connectivity index (χ0) is 14.5. The molecule has 110 valence electrons. The summed E-state index contributed by atoms with van der Waals surface area (Å²) in [6, 6.07) is 0. The van der Waals surface area contributed by atoms with Gasteiger partial charge in [-0.3, -0.25) is 0 Å². The quantitative estimate of drug-likeness (QED) is 0.347. The molecule has 0 rings (SSSR count). The van der Waals surface area contributed by atoms with Crippen LogP contribution in [-0.2, 0) is 19.1 Å². The Morgan fingerprint density at radius 2 is 1.68 bits per heavy atom. The molecule has 4 heteroatoms. The van der Waals surface area contributed by atoms with Crippen LogP contribution < -0.4 is 0 Å². The van der Waals surface area contributed by atoms with Gasteiger partial charge in [0, 0.05) is 12.2 Å². The third kappa shape index (κ3) is 11.5. The highest BCUT2D eigenvalue weighted by Gasteiger charge is 2.07. The average molecular weight is 270 g/mol. The highest BCUT2D eigenvalue weighted by atomic mass is 16.5. The van der Waals surface area contributed by atoms with Crippen molar-refractivity contribution in [3.63, 3.8) is 0 Å². The maximum Gasteiger partial charge on any atom is 0.331 e. The van der Waals surface area contributed by atoms with Crippen molar-refractivity contribution < 1.29 is 19.1 Å². The first kappa shape index (κ1) is 17.7. The van der Waals surface area contributed by atoms with Gasteiger partial charge in [0.25, 0.3) is 0 Å². The molecule has 0 fully saturated rings. The van der Waals surface area contributed by atoms with Gasteiger partial charge in [0.1, 0.15) is 0 Å². The molecule has 0 heterocycles. The van der Waals surface area contributed by atoms with Crippen molar-refractivity contribution in [3.05, 3.63) is 12.2 Å². The Labute approximate surface area is 116 Å². The van der Waals surface area contributed by atoms with Gasteiger partial charge in [-0.1, -0.05) is 33.1 Å². The smallest absolute Gasteiger partial charge is 0.331 e. The van der Waals surface area contributed by atoms with Crippen molar-refractivity contribution in [1.29, 1.82) is 0 Å². The average Bonchev–Trinajstić information content (AvgIpc) is 2.39. The number of hydrogen-bond donors (Lipinski definition) is 0. The predicted octanol–water partition coefficient (Wildman–Crippen LogP) is 3.40. The summed E-state index contributed by atoms with van der Waals surface area (Å²) in [6.45, 7) is 6.30. The second kappa shape index (κ2) is 11.8. The molecule has 0 aliphatic carbocycles. The standard InChI is InChI=1S/C15H26O4/c1-4-6-7-8-9-13(3)19-15(17)11-10-14(16)18-12-5-2/h10-11,13H,4-9,12H2,1-3H3/b11-10+. The summed E-state index contributed by atoms with van der Waals surface area (Å²) >= 11 is 0. The van der Waals surface area contributed by atoms with Crippen LogP contribution in [0.2, 0.25) is 0 Å². The summed E-state index contributed by atoms with van der Waals surface area (Å²) in [5.41, 5.74) is 0. The molecule has 0 aliphatic heterocycles. The van der Waals surface area contributed by atoms with Crippen LogP contribution in [0.5, 0.6) is 0 Å². The molecule has 0 aromatic rings.